The van der Waals surface area contributed by atoms with Crippen molar-refractivity contribution < 1.29 is 17.6 Å². The highest BCUT2D eigenvalue weighted by Crippen LogP contribution is 2.33. The van der Waals surface area contributed by atoms with Gasteiger partial charge in [-0.1, -0.05) is 25.1 Å². The standard InChI is InChI=1S/C13H16F4N2/c1-3-8(2)6-12(19-18)9-4-5-11(14)10(7-9)13(15,16)17/h4-5,7,12,19H,2-3,6,18H2,1H3. The number of hydrogen-bond acceptors (Lipinski definition) is 2. The van der Waals surface area contributed by atoms with Gasteiger partial charge in [0.15, 0.2) is 0 Å². The molecule has 3 N–H and O–H groups in total. The van der Waals surface area contributed by atoms with Crippen LogP contribution < -0.4 is 11.3 Å². The molecule has 0 saturated carbocycles. The molecule has 0 aromatic heterocycles. The fourth-order valence-electron chi connectivity index (χ4n) is 1.68. The van der Waals surface area contributed by atoms with Gasteiger partial charge in [0, 0.05) is 6.04 Å². The van der Waals surface area contributed by atoms with Crippen molar-refractivity contribution >= 4 is 0 Å². The second-order valence-electron chi connectivity index (χ2n) is 4.26. The van der Waals surface area contributed by atoms with E-state index >= 15 is 0 Å². The van der Waals surface area contributed by atoms with Gasteiger partial charge in [-0.25, -0.2) is 4.39 Å². The highest BCUT2D eigenvalue weighted by molar-refractivity contribution is 5.30. The number of hydrogen-bond donors (Lipinski definition) is 2. The summed E-state index contributed by atoms with van der Waals surface area (Å²) in [6, 6.07) is 2.35. The van der Waals surface area contributed by atoms with Crippen molar-refractivity contribution in [3.63, 3.8) is 0 Å². The zero-order valence-corrected chi connectivity index (χ0v) is 10.5. The molecule has 0 spiro atoms. The van der Waals surface area contributed by atoms with E-state index in [1.807, 2.05) is 6.92 Å². The van der Waals surface area contributed by atoms with Crippen molar-refractivity contribution in [2.75, 3.05) is 0 Å². The number of alkyl halides is 3. The van der Waals surface area contributed by atoms with Gasteiger partial charge in [-0.15, -0.1) is 0 Å². The average Bonchev–Trinajstić information content (AvgIpc) is 2.35. The zero-order chi connectivity index (χ0) is 14.6. The molecule has 2 nitrogen and oxygen atoms in total. The van der Waals surface area contributed by atoms with Crippen molar-refractivity contribution in [2.24, 2.45) is 5.84 Å². The highest BCUT2D eigenvalue weighted by Gasteiger charge is 2.34. The van der Waals surface area contributed by atoms with Crippen LogP contribution in [0.1, 0.15) is 36.9 Å². The summed E-state index contributed by atoms with van der Waals surface area (Å²) in [5.41, 5.74) is 2.28. The SMILES string of the molecule is C=C(CC)CC(NN)c1ccc(F)c(C(F)(F)F)c1. The lowest BCUT2D eigenvalue weighted by Crippen LogP contribution is -2.28. The predicted octanol–water partition coefficient (Wildman–Crippen LogP) is 3.71. The molecule has 0 aliphatic rings. The fraction of sp³-hybridized carbons (Fsp3) is 0.385. The first-order valence-electron chi connectivity index (χ1n) is 5.79. The van der Waals surface area contributed by atoms with Gasteiger partial charge in [0.1, 0.15) is 5.82 Å². The lowest BCUT2D eigenvalue weighted by atomic mass is 9.97. The van der Waals surface area contributed by atoms with Crippen LogP contribution in [0.4, 0.5) is 17.6 Å². The molecule has 1 unspecified atom stereocenters. The van der Waals surface area contributed by atoms with Crippen molar-refractivity contribution in [1.29, 1.82) is 0 Å². The molecule has 1 rings (SSSR count). The van der Waals surface area contributed by atoms with Crippen molar-refractivity contribution in [3.8, 4) is 0 Å². The summed E-state index contributed by atoms with van der Waals surface area (Å²) in [6.07, 6.45) is -3.62. The molecular formula is C13H16F4N2. The Labute approximate surface area is 109 Å². The van der Waals surface area contributed by atoms with Gasteiger partial charge >= 0.3 is 6.18 Å². The third kappa shape index (κ3) is 4.04. The van der Waals surface area contributed by atoms with Gasteiger partial charge in [0.25, 0.3) is 0 Å². The van der Waals surface area contributed by atoms with Crippen LogP contribution in [-0.2, 0) is 6.18 Å². The first-order chi connectivity index (χ1) is 8.79. The molecule has 0 fully saturated rings. The zero-order valence-electron chi connectivity index (χ0n) is 10.5. The summed E-state index contributed by atoms with van der Waals surface area (Å²) in [5, 5.41) is 0. The number of nitrogens with two attached hydrogens (primary N) is 1. The molecule has 106 valence electrons. The lowest BCUT2D eigenvalue weighted by Gasteiger charge is -2.19. The van der Waals surface area contributed by atoms with Crippen LogP contribution >= 0.6 is 0 Å². The minimum absolute atomic E-state index is 0.283. The van der Waals surface area contributed by atoms with Gasteiger partial charge in [-0.2, -0.15) is 13.2 Å². The van der Waals surface area contributed by atoms with E-state index in [0.29, 0.717) is 12.8 Å². The largest absolute Gasteiger partial charge is 0.419 e. The van der Waals surface area contributed by atoms with E-state index in [1.165, 1.54) is 6.07 Å². The van der Waals surface area contributed by atoms with Crippen LogP contribution in [0.2, 0.25) is 0 Å². The normalized spacial score (nSPS) is 13.4. The van der Waals surface area contributed by atoms with E-state index in [4.69, 9.17) is 5.84 Å². The molecule has 19 heavy (non-hydrogen) atoms. The van der Waals surface area contributed by atoms with Gasteiger partial charge in [0.2, 0.25) is 0 Å². The summed E-state index contributed by atoms with van der Waals surface area (Å²) in [4.78, 5) is 0. The van der Waals surface area contributed by atoms with Crippen LogP contribution in [0.15, 0.2) is 30.4 Å². The van der Waals surface area contributed by atoms with Crippen LogP contribution in [0.25, 0.3) is 0 Å². The molecule has 0 saturated heterocycles. The monoisotopic (exact) mass is 276 g/mol. The Morgan fingerprint density at radius 1 is 1.42 bits per heavy atom. The van der Waals surface area contributed by atoms with Gasteiger partial charge in [0.05, 0.1) is 5.56 Å². The molecule has 6 heteroatoms. The van der Waals surface area contributed by atoms with Crippen LogP contribution in [-0.4, -0.2) is 0 Å². The Hall–Kier alpha value is -1.40. The third-order valence-electron chi connectivity index (χ3n) is 2.89. The molecular weight excluding hydrogens is 260 g/mol. The molecule has 1 aromatic rings. The fourth-order valence-corrected chi connectivity index (χ4v) is 1.68. The molecule has 0 aliphatic heterocycles. The summed E-state index contributed by atoms with van der Waals surface area (Å²) in [7, 11) is 0. The Bertz CT molecular complexity index is 454. The Kier molecular flexibility index (Phi) is 5.08. The Morgan fingerprint density at radius 3 is 2.53 bits per heavy atom. The minimum atomic E-state index is -4.72. The van der Waals surface area contributed by atoms with Gasteiger partial charge < -0.3 is 0 Å². The first kappa shape index (κ1) is 15.7. The predicted molar refractivity (Wildman–Crippen MR) is 65.5 cm³/mol. The lowest BCUT2D eigenvalue weighted by molar-refractivity contribution is -0.140. The van der Waals surface area contributed by atoms with E-state index in [0.717, 1.165) is 17.7 Å². The first-order valence-corrected chi connectivity index (χ1v) is 5.79. The third-order valence-corrected chi connectivity index (χ3v) is 2.89. The smallest absolute Gasteiger partial charge is 0.271 e. The molecule has 1 aromatic carbocycles. The maximum atomic E-state index is 13.2. The molecule has 0 amide bonds. The molecule has 0 radical (unpaired) electrons. The van der Waals surface area contributed by atoms with E-state index in [2.05, 4.69) is 12.0 Å². The summed E-state index contributed by atoms with van der Waals surface area (Å²) in [5.74, 6) is 4.05. The maximum absolute atomic E-state index is 13.2. The second-order valence-corrected chi connectivity index (χ2v) is 4.26. The maximum Gasteiger partial charge on any atom is 0.419 e. The highest BCUT2D eigenvalue weighted by atomic mass is 19.4. The van der Waals surface area contributed by atoms with Crippen molar-refractivity contribution in [1.82, 2.24) is 5.43 Å². The summed E-state index contributed by atoms with van der Waals surface area (Å²) in [6.45, 7) is 5.67. The second kappa shape index (κ2) is 6.16. The topological polar surface area (TPSA) is 38.0 Å². The van der Waals surface area contributed by atoms with E-state index < -0.39 is 23.6 Å². The number of nitrogens with one attached hydrogen (secondary N) is 1. The van der Waals surface area contributed by atoms with Gasteiger partial charge in [-0.3, -0.25) is 11.3 Å². The summed E-state index contributed by atoms with van der Waals surface area (Å²) >= 11 is 0. The molecule has 1 atom stereocenters. The average molecular weight is 276 g/mol. The number of benzene rings is 1. The Balaban J connectivity index is 3.09. The minimum Gasteiger partial charge on any atom is -0.271 e. The number of hydrazine groups is 1. The molecule has 0 bridgehead atoms. The van der Waals surface area contributed by atoms with Crippen LogP contribution in [0, 0.1) is 5.82 Å². The van der Waals surface area contributed by atoms with Crippen molar-refractivity contribution in [3.05, 3.63) is 47.3 Å². The molecule has 0 aliphatic carbocycles. The van der Waals surface area contributed by atoms with Crippen LogP contribution in [0.5, 0.6) is 0 Å². The van der Waals surface area contributed by atoms with Crippen molar-refractivity contribution in [2.45, 2.75) is 32.0 Å². The van der Waals surface area contributed by atoms with Crippen LogP contribution in [0.3, 0.4) is 0 Å². The number of halogens is 4. The van der Waals surface area contributed by atoms with E-state index in [-0.39, 0.29) is 5.56 Å². The van der Waals surface area contributed by atoms with E-state index in [9.17, 15) is 17.6 Å². The van der Waals surface area contributed by atoms with Gasteiger partial charge in [-0.05, 0) is 30.5 Å². The number of rotatable bonds is 5. The quantitative estimate of drug-likeness (QED) is 0.372. The Morgan fingerprint density at radius 2 is 2.05 bits per heavy atom. The van der Waals surface area contributed by atoms with E-state index in [1.54, 1.807) is 0 Å². The summed E-state index contributed by atoms with van der Waals surface area (Å²) < 4.78 is 51.0. The molecule has 0 heterocycles.